The van der Waals surface area contributed by atoms with E-state index in [1.54, 1.807) is 26.0 Å². The van der Waals surface area contributed by atoms with Crippen LogP contribution in [0.3, 0.4) is 0 Å². The van der Waals surface area contributed by atoms with Crippen molar-refractivity contribution in [3.05, 3.63) is 35.0 Å². The smallest absolute Gasteiger partial charge is 0.226 e. The van der Waals surface area contributed by atoms with Crippen LogP contribution in [0.15, 0.2) is 24.3 Å². The third-order valence-electron chi connectivity index (χ3n) is 2.52. The molecule has 0 aromatic heterocycles. The summed E-state index contributed by atoms with van der Waals surface area (Å²) in [6.07, 6.45) is 0. The largest absolute Gasteiger partial charge is 0.752 e. The van der Waals surface area contributed by atoms with Crippen molar-refractivity contribution < 1.29 is 4.79 Å². The molecule has 3 heteroatoms. The highest BCUT2D eigenvalue weighted by molar-refractivity contribution is 6.07. The lowest BCUT2D eigenvalue weighted by Gasteiger charge is -2.24. The Bertz CT molecular complexity index is 371. The molecule has 0 saturated carbocycles. The van der Waals surface area contributed by atoms with Crippen molar-refractivity contribution in [2.75, 3.05) is 5.06 Å². The number of amides is 1. The van der Waals surface area contributed by atoms with Gasteiger partial charge < -0.3 is 10.3 Å². The molecule has 13 heavy (non-hydrogen) atoms. The standard InChI is InChI=1S/C10H10NO2/c1-10(2)7-5-3-4-6-8(7)11(13)9(10)12/h3-6H,1-2H3/q-1. The summed E-state index contributed by atoms with van der Waals surface area (Å²) < 4.78 is 0. The molecule has 0 aliphatic carbocycles. The van der Waals surface area contributed by atoms with Crippen LogP contribution in [0.5, 0.6) is 0 Å². The summed E-state index contributed by atoms with van der Waals surface area (Å²) in [5.74, 6) is -0.381. The Labute approximate surface area is 76.6 Å². The van der Waals surface area contributed by atoms with Crippen molar-refractivity contribution in [1.29, 1.82) is 0 Å². The van der Waals surface area contributed by atoms with Gasteiger partial charge in [0, 0.05) is 5.69 Å². The van der Waals surface area contributed by atoms with Crippen LogP contribution in [0.1, 0.15) is 19.4 Å². The summed E-state index contributed by atoms with van der Waals surface area (Å²) in [4.78, 5) is 11.5. The van der Waals surface area contributed by atoms with E-state index in [4.69, 9.17) is 0 Å². The molecule has 0 spiro atoms. The van der Waals surface area contributed by atoms with Crippen LogP contribution in [-0.4, -0.2) is 5.91 Å². The van der Waals surface area contributed by atoms with Crippen molar-refractivity contribution in [1.82, 2.24) is 0 Å². The molecule has 1 aliphatic heterocycles. The Morgan fingerprint density at radius 3 is 2.54 bits per heavy atom. The molecular weight excluding hydrogens is 166 g/mol. The van der Waals surface area contributed by atoms with E-state index in [1.165, 1.54) is 0 Å². The van der Waals surface area contributed by atoms with Gasteiger partial charge >= 0.3 is 0 Å². The number of hydroxylamine groups is 1. The van der Waals surface area contributed by atoms with Gasteiger partial charge in [-0.15, -0.1) is 0 Å². The Balaban J connectivity index is 2.68. The average molecular weight is 176 g/mol. The zero-order valence-electron chi connectivity index (χ0n) is 7.57. The van der Waals surface area contributed by atoms with Crippen LogP contribution in [0.25, 0.3) is 0 Å². The number of hydrogen-bond donors (Lipinski definition) is 0. The maximum atomic E-state index is 11.5. The predicted molar refractivity (Wildman–Crippen MR) is 50.3 cm³/mol. The lowest BCUT2D eigenvalue weighted by Crippen LogP contribution is -2.32. The molecule has 1 heterocycles. The summed E-state index contributed by atoms with van der Waals surface area (Å²) >= 11 is 0. The van der Waals surface area contributed by atoms with E-state index in [0.29, 0.717) is 10.8 Å². The maximum absolute atomic E-state index is 11.5. The molecule has 1 aromatic rings. The highest BCUT2D eigenvalue weighted by atomic mass is 16.5. The van der Waals surface area contributed by atoms with E-state index in [2.05, 4.69) is 0 Å². The molecule has 68 valence electrons. The van der Waals surface area contributed by atoms with Gasteiger partial charge in [0.15, 0.2) is 0 Å². The van der Waals surface area contributed by atoms with Crippen LogP contribution < -0.4 is 5.06 Å². The van der Waals surface area contributed by atoms with E-state index in [-0.39, 0.29) is 5.91 Å². The average Bonchev–Trinajstić information content (AvgIpc) is 2.30. The fourth-order valence-electron chi connectivity index (χ4n) is 1.66. The van der Waals surface area contributed by atoms with Crippen molar-refractivity contribution in [2.45, 2.75) is 19.3 Å². The summed E-state index contributed by atoms with van der Waals surface area (Å²) in [5, 5.41) is 11.9. The molecule has 0 atom stereocenters. The van der Waals surface area contributed by atoms with Gasteiger partial charge in [0.2, 0.25) is 5.91 Å². The van der Waals surface area contributed by atoms with Crippen LogP contribution >= 0.6 is 0 Å². The lowest BCUT2D eigenvalue weighted by molar-refractivity contribution is -0.121. The van der Waals surface area contributed by atoms with Crippen molar-refractivity contribution in [3.63, 3.8) is 0 Å². The third-order valence-corrected chi connectivity index (χ3v) is 2.52. The molecule has 0 bridgehead atoms. The first-order valence-electron chi connectivity index (χ1n) is 4.16. The number of nitrogens with zero attached hydrogens (tertiary/aromatic N) is 1. The molecule has 0 radical (unpaired) electrons. The minimum atomic E-state index is -0.668. The quantitative estimate of drug-likeness (QED) is 0.605. The van der Waals surface area contributed by atoms with Crippen LogP contribution in [-0.2, 0) is 10.2 Å². The van der Waals surface area contributed by atoms with Crippen LogP contribution in [0, 0.1) is 5.21 Å². The van der Waals surface area contributed by atoms with E-state index >= 15 is 0 Å². The summed E-state index contributed by atoms with van der Waals surface area (Å²) in [6, 6.07) is 7.10. The first-order chi connectivity index (χ1) is 6.05. The molecule has 0 saturated heterocycles. The number of rotatable bonds is 0. The van der Waals surface area contributed by atoms with Crippen molar-refractivity contribution in [3.8, 4) is 0 Å². The van der Waals surface area contributed by atoms with Crippen LogP contribution in [0.2, 0.25) is 0 Å². The first-order valence-corrected chi connectivity index (χ1v) is 4.16. The van der Waals surface area contributed by atoms with E-state index in [9.17, 15) is 10.0 Å². The first kappa shape index (κ1) is 8.26. The second kappa shape index (κ2) is 2.33. The van der Waals surface area contributed by atoms with E-state index < -0.39 is 5.41 Å². The molecule has 3 nitrogen and oxygen atoms in total. The predicted octanol–water partition coefficient (Wildman–Crippen LogP) is 1.81. The number of carbonyl (C=O) groups is 1. The summed E-state index contributed by atoms with van der Waals surface area (Å²) in [5.41, 5.74) is 0.630. The number of fused-ring (bicyclic) bond motifs is 1. The van der Waals surface area contributed by atoms with Gasteiger partial charge in [-0.3, -0.25) is 4.79 Å². The normalized spacial score (nSPS) is 19.0. The molecular formula is C10H10NO2-. The number of para-hydroxylation sites is 1. The van der Waals surface area contributed by atoms with Gasteiger partial charge in [0.05, 0.1) is 5.41 Å². The molecule has 2 rings (SSSR count). The van der Waals surface area contributed by atoms with E-state index in [0.717, 1.165) is 5.56 Å². The fraction of sp³-hybridized carbons (Fsp3) is 0.300. The third kappa shape index (κ3) is 0.906. The number of anilines is 1. The highest BCUT2D eigenvalue weighted by Crippen LogP contribution is 2.40. The Kier molecular flexibility index (Phi) is 1.48. The van der Waals surface area contributed by atoms with Gasteiger partial charge in [-0.05, 0) is 25.5 Å². The number of carbonyl (C=O) groups excluding carboxylic acids is 1. The Morgan fingerprint density at radius 1 is 1.31 bits per heavy atom. The highest BCUT2D eigenvalue weighted by Gasteiger charge is 2.39. The van der Waals surface area contributed by atoms with Crippen molar-refractivity contribution in [2.24, 2.45) is 0 Å². The van der Waals surface area contributed by atoms with E-state index in [1.807, 2.05) is 12.1 Å². The molecule has 0 unspecified atom stereocenters. The van der Waals surface area contributed by atoms with Gasteiger partial charge in [-0.2, -0.15) is 0 Å². The molecule has 1 aromatic carbocycles. The lowest BCUT2D eigenvalue weighted by atomic mass is 9.86. The fourth-order valence-corrected chi connectivity index (χ4v) is 1.66. The minimum absolute atomic E-state index is 0.381. The number of hydrogen-bond acceptors (Lipinski definition) is 2. The molecule has 0 N–H and O–H groups in total. The maximum Gasteiger partial charge on any atom is 0.226 e. The minimum Gasteiger partial charge on any atom is -0.752 e. The summed E-state index contributed by atoms with van der Waals surface area (Å²) in [7, 11) is 0. The zero-order valence-corrected chi connectivity index (χ0v) is 7.57. The van der Waals surface area contributed by atoms with Gasteiger partial charge in [0.25, 0.3) is 0 Å². The monoisotopic (exact) mass is 176 g/mol. The van der Waals surface area contributed by atoms with Gasteiger partial charge in [0.1, 0.15) is 0 Å². The summed E-state index contributed by atoms with van der Waals surface area (Å²) in [6.45, 7) is 3.54. The van der Waals surface area contributed by atoms with Gasteiger partial charge in [-0.25, -0.2) is 0 Å². The second-order valence-electron chi connectivity index (χ2n) is 3.74. The molecule has 1 aliphatic rings. The Hall–Kier alpha value is -1.35. The Morgan fingerprint density at radius 2 is 1.92 bits per heavy atom. The molecule has 0 fully saturated rings. The number of benzene rings is 1. The topological polar surface area (TPSA) is 43.4 Å². The van der Waals surface area contributed by atoms with Crippen molar-refractivity contribution >= 4 is 11.6 Å². The van der Waals surface area contributed by atoms with Gasteiger partial charge in [-0.1, -0.05) is 18.2 Å². The SMILES string of the molecule is CC1(C)C(=O)N([O-])c2ccccc21. The van der Waals surface area contributed by atoms with Crippen LogP contribution in [0.4, 0.5) is 5.69 Å². The zero-order chi connectivity index (χ0) is 9.64. The molecule has 1 amide bonds. The second-order valence-corrected chi connectivity index (χ2v) is 3.74.